The van der Waals surface area contributed by atoms with Gasteiger partial charge in [-0.25, -0.2) is 0 Å². The number of aromatic hydroxyl groups is 1. The Morgan fingerprint density at radius 1 is 0.765 bits per heavy atom. The predicted octanol–water partition coefficient (Wildman–Crippen LogP) is 5.42. The number of ketones is 4. The normalized spacial score (nSPS) is 31.0. The summed E-state index contributed by atoms with van der Waals surface area (Å²) in [5.74, 6) is -4.91. The Kier molecular flexibility index (Phi) is 14.6. The summed E-state index contributed by atoms with van der Waals surface area (Å²) in [6.45, 7) is 9.80. The average molecular weight is 718 g/mol. The lowest BCUT2D eigenvalue weighted by atomic mass is 9.83. The molecular formula is C40H47NO9S. The van der Waals surface area contributed by atoms with Gasteiger partial charge >= 0.3 is 0 Å². The number of hydrogen-bond acceptors (Lipinski definition) is 10. The van der Waals surface area contributed by atoms with E-state index in [1.54, 1.807) is 70.4 Å². The van der Waals surface area contributed by atoms with Crippen molar-refractivity contribution in [2.24, 2.45) is 17.8 Å². The van der Waals surface area contributed by atoms with Crippen molar-refractivity contribution in [2.75, 3.05) is 6.26 Å². The van der Waals surface area contributed by atoms with Crippen molar-refractivity contribution in [3.8, 4) is 5.75 Å². The second kappa shape index (κ2) is 18.2. The van der Waals surface area contributed by atoms with Crippen LogP contribution in [0.4, 0.5) is 0 Å². The molecule has 0 radical (unpaired) electrons. The lowest BCUT2D eigenvalue weighted by molar-refractivity contribution is -0.118. The van der Waals surface area contributed by atoms with E-state index in [2.05, 4.69) is 5.32 Å². The van der Waals surface area contributed by atoms with E-state index in [9.17, 15) is 44.4 Å². The number of amides is 1. The average Bonchev–Trinajstić information content (AvgIpc) is 3.09. The van der Waals surface area contributed by atoms with Gasteiger partial charge in [0.1, 0.15) is 11.4 Å². The standard InChI is InChI=1S/C40H47NO9S/c1-21-12-10-8-9-11-13-31(45)41-34-38(49)28-19-26(6)37(48)33(32(28)39(50)40(34)51-7)36(47)25(5)18-24(4)35(46)23(3)15-17-27(42)16-14-22(2)30(44)20-29(21)43/h8-15,17-19,21,23-24,27,29,35,42-43,46,48H,16,20H2,1-7H3,(H,41,45)/b9-8-,12-10+,13-11-,17-15+,22-14+,25-18-/t21-,23-,24+,27-,29+,35+/m1/s1. The summed E-state index contributed by atoms with van der Waals surface area (Å²) in [6.07, 6.45) is 14.1. The summed E-state index contributed by atoms with van der Waals surface area (Å²) < 4.78 is 0. The lowest BCUT2D eigenvalue weighted by Crippen LogP contribution is -2.33. The first kappa shape index (κ1) is 41.0. The first-order valence-electron chi connectivity index (χ1n) is 16.7. The van der Waals surface area contributed by atoms with Gasteiger partial charge in [0.05, 0.1) is 28.8 Å². The van der Waals surface area contributed by atoms with Gasteiger partial charge in [0.15, 0.2) is 11.6 Å². The minimum absolute atomic E-state index is 0.0985. The van der Waals surface area contributed by atoms with Crippen LogP contribution in [0.1, 0.15) is 84.1 Å². The van der Waals surface area contributed by atoms with Crippen LogP contribution in [-0.4, -0.2) is 74.0 Å². The molecule has 0 saturated heterocycles. The van der Waals surface area contributed by atoms with Gasteiger partial charge in [0, 0.05) is 41.4 Å². The van der Waals surface area contributed by atoms with E-state index >= 15 is 0 Å². The monoisotopic (exact) mass is 717 g/mol. The predicted molar refractivity (Wildman–Crippen MR) is 198 cm³/mol. The molecule has 6 atom stereocenters. The van der Waals surface area contributed by atoms with Crippen LogP contribution in [0.3, 0.4) is 0 Å². The van der Waals surface area contributed by atoms with Crippen LogP contribution in [0.2, 0.25) is 0 Å². The number of benzene rings is 1. The summed E-state index contributed by atoms with van der Waals surface area (Å²) in [4.78, 5) is 67.0. The molecule has 2 aliphatic heterocycles. The SMILES string of the molecule is CSC1=C2NC(=O)\C=C/C=C\C=C\[C@@H](C)[C@@H](O)CC(=O)/C(C)=C/C[C@@H](O)/C=C/[C@@H](C)[C@H](O)[C@@H](C)/C=C(/C)C(=O)c3c(O)c(C)cc(c3C1=O)C2=O. The maximum absolute atomic E-state index is 13.9. The molecule has 1 aromatic rings. The van der Waals surface area contributed by atoms with Crippen molar-refractivity contribution in [1.29, 1.82) is 0 Å². The lowest BCUT2D eigenvalue weighted by Gasteiger charge is -2.24. The Hall–Kier alpha value is -4.42. The Balaban J connectivity index is 2.08. The topological polar surface area (TPSA) is 178 Å². The van der Waals surface area contributed by atoms with Crippen LogP contribution in [-0.2, 0) is 9.59 Å². The number of Topliss-reactive ketones (excluding diaryl/α,β-unsaturated/α-hetero) is 4. The van der Waals surface area contributed by atoms with Crippen molar-refractivity contribution in [3.63, 3.8) is 0 Å². The number of phenols is 1. The number of allylic oxidation sites excluding steroid dienone is 8. The molecule has 0 saturated carbocycles. The molecule has 5 N–H and O–H groups in total. The van der Waals surface area contributed by atoms with Crippen LogP contribution in [0.15, 0.2) is 88.6 Å². The number of fused-ring (bicyclic) bond motifs is 18. The van der Waals surface area contributed by atoms with Gasteiger partial charge in [-0.15, -0.1) is 11.8 Å². The van der Waals surface area contributed by atoms with Gasteiger partial charge in [0.2, 0.25) is 17.5 Å². The van der Waals surface area contributed by atoms with E-state index in [-0.39, 0.29) is 63.0 Å². The fraction of sp³-hybridized carbons (Fsp3) is 0.375. The third-order valence-corrected chi connectivity index (χ3v) is 9.79. The molecule has 3 aliphatic rings. The van der Waals surface area contributed by atoms with Crippen molar-refractivity contribution >= 4 is 40.8 Å². The maximum Gasteiger partial charge on any atom is 0.248 e. The number of aryl methyl sites for hydroxylation is 1. The highest BCUT2D eigenvalue weighted by atomic mass is 32.2. The number of thioether (sulfide) groups is 1. The molecule has 11 heteroatoms. The number of rotatable bonds is 1. The quantitative estimate of drug-likeness (QED) is 0.236. The van der Waals surface area contributed by atoms with Gasteiger partial charge in [-0.3, -0.25) is 24.0 Å². The van der Waals surface area contributed by atoms with E-state index in [0.717, 1.165) is 11.8 Å². The molecule has 10 nitrogen and oxygen atoms in total. The number of carbonyl (C=O) groups is 5. The molecule has 0 aromatic heterocycles. The highest BCUT2D eigenvalue weighted by molar-refractivity contribution is 8.03. The highest BCUT2D eigenvalue weighted by Crippen LogP contribution is 2.39. The second-order valence-corrected chi connectivity index (χ2v) is 13.9. The third kappa shape index (κ3) is 10.1. The van der Waals surface area contributed by atoms with Crippen molar-refractivity contribution < 1.29 is 44.4 Å². The summed E-state index contributed by atoms with van der Waals surface area (Å²) in [7, 11) is 0. The molecule has 0 spiro atoms. The number of hydrogen-bond donors (Lipinski definition) is 5. The number of aliphatic hydroxyl groups is 3. The van der Waals surface area contributed by atoms with Gasteiger partial charge in [-0.2, -0.15) is 0 Å². The van der Waals surface area contributed by atoms with Crippen LogP contribution < -0.4 is 5.32 Å². The number of nitrogens with one attached hydrogen (secondary N) is 1. The van der Waals surface area contributed by atoms with E-state index < -0.39 is 59.2 Å². The smallest absolute Gasteiger partial charge is 0.248 e. The zero-order chi connectivity index (χ0) is 38.2. The first-order valence-corrected chi connectivity index (χ1v) is 17.9. The molecule has 0 fully saturated rings. The third-order valence-electron chi connectivity index (χ3n) is 8.99. The molecule has 1 aliphatic carbocycles. The summed E-state index contributed by atoms with van der Waals surface area (Å²) in [5.41, 5.74) is -0.271. The van der Waals surface area contributed by atoms with E-state index in [1.807, 2.05) is 0 Å². The number of aliphatic hydroxyl groups excluding tert-OH is 3. The largest absolute Gasteiger partial charge is 0.507 e. The van der Waals surface area contributed by atoms with Gasteiger partial charge in [-0.1, -0.05) is 75.5 Å². The summed E-state index contributed by atoms with van der Waals surface area (Å²) in [6, 6.07) is 1.32. The second-order valence-electron chi connectivity index (χ2n) is 13.0. The van der Waals surface area contributed by atoms with Gasteiger partial charge in [0.25, 0.3) is 0 Å². The molecule has 4 rings (SSSR count). The Morgan fingerprint density at radius 2 is 1.43 bits per heavy atom. The van der Waals surface area contributed by atoms with Crippen LogP contribution >= 0.6 is 11.8 Å². The minimum Gasteiger partial charge on any atom is -0.507 e. The van der Waals surface area contributed by atoms with Crippen molar-refractivity contribution in [2.45, 2.75) is 72.7 Å². The van der Waals surface area contributed by atoms with E-state index in [0.29, 0.717) is 5.57 Å². The minimum atomic E-state index is -0.992. The number of carbonyl (C=O) groups excluding carboxylic acids is 5. The first-order chi connectivity index (χ1) is 24.0. The molecule has 0 unspecified atom stereocenters. The van der Waals surface area contributed by atoms with Gasteiger partial charge in [-0.05, 0) is 56.2 Å². The molecular weight excluding hydrogens is 671 g/mol. The summed E-state index contributed by atoms with van der Waals surface area (Å²) in [5, 5.41) is 45.7. The Morgan fingerprint density at radius 3 is 2.10 bits per heavy atom. The molecule has 51 heavy (non-hydrogen) atoms. The van der Waals surface area contributed by atoms with Crippen LogP contribution in [0.25, 0.3) is 0 Å². The van der Waals surface area contributed by atoms with E-state index in [4.69, 9.17) is 0 Å². The van der Waals surface area contributed by atoms with Gasteiger partial charge < -0.3 is 25.7 Å². The van der Waals surface area contributed by atoms with Crippen molar-refractivity contribution in [3.05, 3.63) is 111 Å². The van der Waals surface area contributed by atoms with Crippen LogP contribution in [0.5, 0.6) is 5.75 Å². The van der Waals surface area contributed by atoms with Crippen molar-refractivity contribution in [1.82, 2.24) is 5.32 Å². The van der Waals surface area contributed by atoms with Crippen LogP contribution in [0, 0.1) is 24.7 Å². The Labute approximate surface area is 303 Å². The zero-order valence-corrected chi connectivity index (χ0v) is 30.8. The maximum atomic E-state index is 13.9. The molecule has 1 amide bonds. The molecule has 2 heterocycles. The highest BCUT2D eigenvalue weighted by Gasteiger charge is 2.38. The Bertz CT molecular complexity index is 1790. The fourth-order valence-corrected chi connectivity index (χ4v) is 6.34. The molecule has 272 valence electrons. The summed E-state index contributed by atoms with van der Waals surface area (Å²) >= 11 is 0.921. The zero-order valence-electron chi connectivity index (χ0n) is 30.0. The molecule has 4 bridgehead atoms. The number of phenolic OH excluding ortho intramolecular Hbond substituents is 1. The van der Waals surface area contributed by atoms with E-state index in [1.165, 1.54) is 44.2 Å². The fourth-order valence-electron chi connectivity index (χ4n) is 5.71. The molecule has 1 aromatic carbocycles.